The van der Waals surface area contributed by atoms with Crippen LogP contribution in [-0.4, -0.2) is 24.9 Å². The minimum Gasteiger partial charge on any atom is -0.326 e. The number of benzene rings is 1. The Balaban J connectivity index is 2.46. The summed E-state index contributed by atoms with van der Waals surface area (Å²) in [5, 5.41) is 8.56. The third-order valence-corrected chi connectivity index (χ3v) is 3.01. The summed E-state index contributed by atoms with van der Waals surface area (Å²) in [5.41, 5.74) is 1.36. The summed E-state index contributed by atoms with van der Waals surface area (Å²) in [6.07, 6.45) is 5.27. The van der Waals surface area contributed by atoms with Gasteiger partial charge in [-0.15, -0.1) is 6.58 Å². The highest BCUT2D eigenvalue weighted by molar-refractivity contribution is 5.94. The third-order valence-electron chi connectivity index (χ3n) is 3.01. The number of nitrogens with one attached hydrogen (secondary N) is 3. The van der Waals surface area contributed by atoms with E-state index in [2.05, 4.69) is 29.5 Å². The van der Waals surface area contributed by atoms with Crippen LogP contribution in [0.15, 0.2) is 36.9 Å². The van der Waals surface area contributed by atoms with Crippen molar-refractivity contribution in [1.29, 1.82) is 0 Å². The second kappa shape index (κ2) is 10.6. The van der Waals surface area contributed by atoms with E-state index < -0.39 is 0 Å². The van der Waals surface area contributed by atoms with Crippen LogP contribution in [0.1, 0.15) is 32.6 Å². The summed E-state index contributed by atoms with van der Waals surface area (Å²) >= 11 is 0. The van der Waals surface area contributed by atoms with Crippen molar-refractivity contribution in [3.05, 3.63) is 36.9 Å². The van der Waals surface area contributed by atoms with Crippen LogP contribution in [0.3, 0.4) is 0 Å². The monoisotopic (exact) mass is 303 g/mol. The van der Waals surface area contributed by atoms with E-state index in [4.69, 9.17) is 0 Å². The van der Waals surface area contributed by atoms with E-state index >= 15 is 0 Å². The first-order chi connectivity index (χ1) is 10.7. The van der Waals surface area contributed by atoms with Crippen molar-refractivity contribution in [3.8, 4) is 0 Å². The van der Waals surface area contributed by atoms with Crippen molar-refractivity contribution in [1.82, 2.24) is 5.32 Å². The van der Waals surface area contributed by atoms with Crippen molar-refractivity contribution in [3.63, 3.8) is 0 Å². The lowest BCUT2D eigenvalue weighted by atomic mass is 10.2. The zero-order valence-electron chi connectivity index (χ0n) is 13.2. The summed E-state index contributed by atoms with van der Waals surface area (Å²) < 4.78 is 0. The van der Waals surface area contributed by atoms with Gasteiger partial charge in [0.25, 0.3) is 0 Å². The number of unbranched alkanes of at least 4 members (excludes halogenated alkanes) is 2. The predicted molar refractivity (Wildman–Crippen MR) is 90.9 cm³/mol. The van der Waals surface area contributed by atoms with Crippen LogP contribution in [0.5, 0.6) is 0 Å². The molecule has 0 aromatic heterocycles. The number of amides is 2. The molecular weight excluding hydrogens is 278 g/mol. The molecule has 0 unspecified atom stereocenters. The van der Waals surface area contributed by atoms with Crippen LogP contribution in [0, 0.1) is 0 Å². The second-order valence-corrected chi connectivity index (χ2v) is 5.05. The molecule has 1 rings (SSSR count). The zero-order chi connectivity index (χ0) is 16.2. The Labute approximate surface area is 132 Å². The van der Waals surface area contributed by atoms with Gasteiger partial charge in [-0.05, 0) is 24.6 Å². The van der Waals surface area contributed by atoms with Gasteiger partial charge in [0, 0.05) is 24.3 Å². The summed E-state index contributed by atoms with van der Waals surface area (Å²) in [7, 11) is 0. The minimum atomic E-state index is -0.131. The Hall–Kier alpha value is -2.14. The number of hydrogen-bond donors (Lipinski definition) is 3. The molecule has 120 valence electrons. The van der Waals surface area contributed by atoms with Gasteiger partial charge < -0.3 is 16.0 Å². The minimum absolute atomic E-state index is 0.00424. The van der Waals surface area contributed by atoms with Crippen molar-refractivity contribution >= 4 is 23.2 Å². The highest BCUT2D eigenvalue weighted by Gasteiger charge is 2.05. The molecule has 2 amide bonds. The topological polar surface area (TPSA) is 70.2 Å². The predicted octanol–water partition coefficient (Wildman–Crippen LogP) is 2.92. The first kappa shape index (κ1) is 17.9. The van der Waals surface area contributed by atoms with Gasteiger partial charge in [-0.25, -0.2) is 0 Å². The van der Waals surface area contributed by atoms with Crippen molar-refractivity contribution in [2.75, 3.05) is 23.7 Å². The summed E-state index contributed by atoms with van der Waals surface area (Å²) in [6.45, 7) is 6.48. The Kier molecular flexibility index (Phi) is 8.60. The van der Waals surface area contributed by atoms with E-state index in [1.54, 1.807) is 24.3 Å². The van der Waals surface area contributed by atoms with Gasteiger partial charge in [0.15, 0.2) is 0 Å². The smallest absolute Gasteiger partial charge is 0.238 e. The molecule has 5 nitrogen and oxygen atoms in total. The van der Waals surface area contributed by atoms with E-state index in [1.165, 1.54) is 0 Å². The SMILES string of the molecule is C=CCNCC(=O)Nc1cccc(NC(=O)CCCCC)c1. The highest BCUT2D eigenvalue weighted by atomic mass is 16.2. The van der Waals surface area contributed by atoms with Crippen molar-refractivity contribution < 1.29 is 9.59 Å². The van der Waals surface area contributed by atoms with E-state index in [9.17, 15) is 9.59 Å². The highest BCUT2D eigenvalue weighted by Crippen LogP contribution is 2.15. The van der Waals surface area contributed by atoms with Crippen molar-refractivity contribution in [2.45, 2.75) is 32.6 Å². The zero-order valence-corrected chi connectivity index (χ0v) is 13.2. The molecule has 0 aliphatic rings. The lowest BCUT2D eigenvalue weighted by Gasteiger charge is -2.09. The third kappa shape index (κ3) is 7.59. The molecule has 22 heavy (non-hydrogen) atoms. The normalized spacial score (nSPS) is 10.0. The van der Waals surface area contributed by atoms with Gasteiger partial charge in [0.2, 0.25) is 11.8 Å². The van der Waals surface area contributed by atoms with Crippen LogP contribution < -0.4 is 16.0 Å². The molecule has 0 bridgehead atoms. The molecule has 0 atom stereocenters. The molecule has 0 spiro atoms. The number of carbonyl (C=O) groups excluding carboxylic acids is 2. The fourth-order valence-electron chi connectivity index (χ4n) is 1.93. The fraction of sp³-hybridized carbons (Fsp3) is 0.412. The lowest BCUT2D eigenvalue weighted by molar-refractivity contribution is -0.116. The van der Waals surface area contributed by atoms with Gasteiger partial charge in [-0.1, -0.05) is 31.9 Å². The van der Waals surface area contributed by atoms with E-state index in [1.807, 2.05) is 6.07 Å². The molecule has 1 aromatic carbocycles. The van der Waals surface area contributed by atoms with Gasteiger partial charge in [-0.3, -0.25) is 9.59 Å². The number of anilines is 2. The fourth-order valence-corrected chi connectivity index (χ4v) is 1.93. The summed E-state index contributed by atoms with van der Waals surface area (Å²) in [4.78, 5) is 23.5. The average molecular weight is 303 g/mol. The molecule has 0 saturated heterocycles. The largest absolute Gasteiger partial charge is 0.326 e. The lowest BCUT2D eigenvalue weighted by Crippen LogP contribution is -2.28. The summed E-state index contributed by atoms with van der Waals surface area (Å²) in [5.74, 6) is -0.127. The molecule has 0 radical (unpaired) electrons. The maximum Gasteiger partial charge on any atom is 0.238 e. The van der Waals surface area contributed by atoms with Gasteiger partial charge in [0.1, 0.15) is 0 Å². The molecular formula is C17H25N3O2. The molecule has 0 heterocycles. The van der Waals surface area contributed by atoms with E-state index in [-0.39, 0.29) is 18.4 Å². The number of rotatable bonds is 10. The Morgan fingerprint density at radius 2 is 1.82 bits per heavy atom. The Bertz CT molecular complexity index is 500. The second-order valence-electron chi connectivity index (χ2n) is 5.05. The Morgan fingerprint density at radius 1 is 1.14 bits per heavy atom. The molecule has 0 aliphatic carbocycles. The molecule has 3 N–H and O–H groups in total. The Morgan fingerprint density at radius 3 is 2.45 bits per heavy atom. The van der Waals surface area contributed by atoms with Gasteiger partial charge in [0.05, 0.1) is 6.54 Å². The van der Waals surface area contributed by atoms with Crippen LogP contribution in [-0.2, 0) is 9.59 Å². The molecule has 1 aromatic rings. The standard InChI is InChI=1S/C17H25N3O2/c1-3-5-6-10-16(21)19-14-8-7-9-15(12-14)20-17(22)13-18-11-4-2/h4,7-9,12,18H,2-3,5-6,10-11,13H2,1H3,(H,19,21)(H,20,22). The number of carbonyl (C=O) groups is 2. The van der Waals surface area contributed by atoms with Crippen LogP contribution >= 0.6 is 0 Å². The molecule has 5 heteroatoms. The average Bonchev–Trinajstić information content (AvgIpc) is 2.48. The van der Waals surface area contributed by atoms with Crippen molar-refractivity contribution in [2.24, 2.45) is 0 Å². The molecule has 0 fully saturated rings. The van der Waals surface area contributed by atoms with Crippen LogP contribution in [0.4, 0.5) is 11.4 Å². The molecule has 0 saturated carbocycles. The van der Waals surface area contributed by atoms with E-state index in [0.717, 1.165) is 19.3 Å². The first-order valence-corrected chi connectivity index (χ1v) is 7.67. The van der Waals surface area contributed by atoms with Gasteiger partial charge in [-0.2, -0.15) is 0 Å². The maximum atomic E-state index is 11.8. The maximum absolute atomic E-state index is 11.8. The number of hydrogen-bond acceptors (Lipinski definition) is 3. The quantitative estimate of drug-likeness (QED) is 0.460. The summed E-state index contributed by atoms with van der Waals surface area (Å²) in [6, 6.07) is 7.15. The first-order valence-electron chi connectivity index (χ1n) is 7.67. The van der Waals surface area contributed by atoms with Crippen LogP contribution in [0.25, 0.3) is 0 Å². The molecule has 0 aliphatic heterocycles. The van der Waals surface area contributed by atoms with E-state index in [0.29, 0.717) is 24.3 Å². The van der Waals surface area contributed by atoms with Crippen LogP contribution in [0.2, 0.25) is 0 Å². The van der Waals surface area contributed by atoms with Gasteiger partial charge >= 0.3 is 0 Å².